The van der Waals surface area contributed by atoms with Crippen molar-refractivity contribution < 1.29 is 23.8 Å². The standard InChI is InChI=1S/C36H45FN2O5.H2S/c1-22(2)15-30(39-21-26(24(4)17-33(39)41)11-14-38-12-8-13-38)31(40)19-27(20-34(42)43)29-18-28(16-25(5)36(29)37)35-23(3)9-7-10-32(35)44-6;/h7,9-10,16-18,21-22,27,30H,8,11-15,19-20H2,1-6H3,(H,42,43);1H2/t27-,30?;/m0./s1. The summed E-state index contributed by atoms with van der Waals surface area (Å²) in [6.45, 7) is 12.5. The molecule has 0 radical (unpaired) electrons. The third-order valence-corrected chi connectivity index (χ3v) is 8.78. The summed E-state index contributed by atoms with van der Waals surface area (Å²) in [6, 6.07) is 9.80. The van der Waals surface area contributed by atoms with Gasteiger partial charge < -0.3 is 19.3 Å². The molecule has 1 aliphatic heterocycles. The third-order valence-electron chi connectivity index (χ3n) is 8.78. The lowest BCUT2D eigenvalue weighted by Gasteiger charge is -2.31. The number of methoxy groups -OCH3 is 1. The number of aromatic nitrogens is 1. The zero-order valence-electron chi connectivity index (χ0n) is 27.3. The zero-order valence-corrected chi connectivity index (χ0v) is 28.3. The Morgan fingerprint density at radius 1 is 1.02 bits per heavy atom. The molecule has 45 heavy (non-hydrogen) atoms. The molecular formula is C36H47FN2O5S. The quantitative estimate of drug-likeness (QED) is 0.210. The van der Waals surface area contributed by atoms with Gasteiger partial charge in [-0.25, -0.2) is 4.39 Å². The maximum atomic E-state index is 15.8. The van der Waals surface area contributed by atoms with Crippen LogP contribution in [0.2, 0.25) is 0 Å². The minimum atomic E-state index is -1.13. The van der Waals surface area contributed by atoms with E-state index in [4.69, 9.17) is 4.74 Å². The second kappa shape index (κ2) is 15.7. The molecule has 0 bridgehead atoms. The molecule has 1 N–H and O–H groups in total. The van der Waals surface area contributed by atoms with Crippen LogP contribution in [-0.2, 0) is 16.0 Å². The number of halogens is 1. The molecule has 2 atom stereocenters. The summed E-state index contributed by atoms with van der Waals surface area (Å²) in [4.78, 5) is 41.8. The number of aryl methyl sites for hydroxylation is 3. The van der Waals surface area contributed by atoms with E-state index in [0.717, 1.165) is 48.3 Å². The normalized spacial score (nSPS) is 14.4. The molecular weight excluding hydrogens is 591 g/mol. The summed E-state index contributed by atoms with van der Waals surface area (Å²) in [6.07, 6.45) is 3.56. The van der Waals surface area contributed by atoms with Crippen molar-refractivity contribution in [2.45, 2.75) is 78.7 Å². The molecule has 0 spiro atoms. The molecule has 1 aromatic heterocycles. The molecule has 2 heterocycles. The maximum absolute atomic E-state index is 15.8. The predicted octanol–water partition coefficient (Wildman–Crippen LogP) is 6.75. The van der Waals surface area contributed by atoms with Gasteiger partial charge in [-0.1, -0.05) is 26.0 Å². The lowest BCUT2D eigenvalue weighted by atomic mass is 9.84. The number of ether oxygens (including phenoxy) is 1. The van der Waals surface area contributed by atoms with Gasteiger partial charge in [0.1, 0.15) is 11.6 Å². The lowest BCUT2D eigenvalue weighted by molar-refractivity contribution is -0.137. The minimum Gasteiger partial charge on any atom is -0.496 e. The van der Waals surface area contributed by atoms with Crippen molar-refractivity contribution in [1.82, 2.24) is 9.47 Å². The van der Waals surface area contributed by atoms with Gasteiger partial charge in [0.05, 0.1) is 19.6 Å². The Labute approximate surface area is 272 Å². The zero-order chi connectivity index (χ0) is 32.1. The fourth-order valence-corrected chi connectivity index (χ4v) is 6.22. The number of ketones is 1. The molecule has 244 valence electrons. The highest BCUT2D eigenvalue weighted by molar-refractivity contribution is 7.59. The lowest BCUT2D eigenvalue weighted by Crippen LogP contribution is -2.38. The van der Waals surface area contributed by atoms with Crippen LogP contribution in [0.5, 0.6) is 5.75 Å². The van der Waals surface area contributed by atoms with Crippen molar-refractivity contribution in [3.8, 4) is 16.9 Å². The van der Waals surface area contributed by atoms with Crippen LogP contribution in [-0.4, -0.2) is 53.1 Å². The first kappa shape index (κ1) is 36.0. The average Bonchev–Trinajstić information content (AvgIpc) is 2.92. The topological polar surface area (TPSA) is 88.8 Å². The summed E-state index contributed by atoms with van der Waals surface area (Å²) in [5.74, 6) is -2.14. The van der Waals surface area contributed by atoms with Crippen LogP contribution in [0.15, 0.2) is 47.4 Å². The van der Waals surface area contributed by atoms with Gasteiger partial charge in [-0.15, -0.1) is 0 Å². The summed E-state index contributed by atoms with van der Waals surface area (Å²) >= 11 is 0. The first-order chi connectivity index (χ1) is 20.9. The molecule has 1 fully saturated rings. The molecule has 3 aromatic rings. The molecule has 0 amide bonds. The molecule has 4 rings (SSSR count). The Bertz CT molecular complexity index is 1580. The van der Waals surface area contributed by atoms with E-state index in [9.17, 15) is 19.5 Å². The number of carbonyl (C=O) groups is 2. The van der Waals surface area contributed by atoms with E-state index in [1.807, 2.05) is 52.1 Å². The number of carboxylic acid groups (broad SMARTS) is 1. The highest BCUT2D eigenvalue weighted by Gasteiger charge is 2.30. The van der Waals surface area contributed by atoms with Gasteiger partial charge in [0.2, 0.25) is 0 Å². The van der Waals surface area contributed by atoms with Gasteiger partial charge in [0, 0.05) is 36.7 Å². The molecule has 1 unspecified atom stereocenters. The molecule has 2 aromatic carbocycles. The second-order valence-corrected chi connectivity index (χ2v) is 12.6. The first-order valence-electron chi connectivity index (χ1n) is 15.5. The van der Waals surface area contributed by atoms with Gasteiger partial charge in [-0.3, -0.25) is 14.4 Å². The first-order valence-corrected chi connectivity index (χ1v) is 15.5. The fourth-order valence-electron chi connectivity index (χ4n) is 6.22. The Balaban J connectivity index is 0.00000552. The van der Waals surface area contributed by atoms with E-state index in [1.54, 1.807) is 32.2 Å². The Hall–Kier alpha value is -3.43. The molecule has 0 aliphatic carbocycles. The molecule has 1 aliphatic rings. The van der Waals surface area contributed by atoms with Gasteiger partial charge in [-0.2, -0.15) is 13.5 Å². The average molecular weight is 639 g/mol. The van der Waals surface area contributed by atoms with Crippen LogP contribution in [0.4, 0.5) is 4.39 Å². The van der Waals surface area contributed by atoms with Crippen LogP contribution in [0, 0.1) is 32.5 Å². The number of aliphatic carboxylic acids is 1. The summed E-state index contributed by atoms with van der Waals surface area (Å²) in [7, 11) is 1.57. The van der Waals surface area contributed by atoms with Gasteiger partial charge >= 0.3 is 5.97 Å². The van der Waals surface area contributed by atoms with Crippen molar-refractivity contribution in [3.63, 3.8) is 0 Å². The molecule has 1 saturated heterocycles. The Kier molecular flexibility index (Phi) is 12.6. The van der Waals surface area contributed by atoms with Crippen molar-refractivity contribution in [1.29, 1.82) is 0 Å². The van der Waals surface area contributed by atoms with Crippen LogP contribution >= 0.6 is 13.5 Å². The van der Waals surface area contributed by atoms with Crippen LogP contribution in [0.1, 0.15) is 79.3 Å². The fraction of sp³-hybridized carbons (Fsp3) is 0.472. The molecule has 7 nitrogen and oxygen atoms in total. The third kappa shape index (κ3) is 8.64. The summed E-state index contributed by atoms with van der Waals surface area (Å²) < 4.78 is 22.9. The van der Waals surface area contributed by atoms with Crippen LogP contribution < -0.4 is 10.3 Å². The molecule has 0 saturated carbocycles. The monoisotopic (exact) mass is 638 g/mol. The Morgan fingerprint density at radius 3 is 2.33 bits per heavy atom. The van der Waals surface area contributed by atoms with Gasteiger partial charge in [0.25, 0.3) is 5.56 Å². The second-order valence-electron chi connectivity index (χ2n) is 12.6. The van der Waals surface area contributed by atoms with E-state index in [0.29, 0.717) is 23.3 Å². The number of carbonyl (C=O) groups excluding carboxylic acids is 1. The van der Waals surface area contributed by atoms with Crippen molar-refractivity contribution in [3.05, 3.63) is 86.6 Å². The van der Waals surface area contributed by atoms with E-state index in [-0.39, 0.29) is 42.7 Å². The van der Waals surface area contributed by atoms with E-state index < -0.39 is 30.2 Å². The number of benzene rings is 2. The minimum absolute atomic E-state index is 0. The SMILES string of the molecule is COc1cccc(C)c1-c1cc(C)c(F)c([C@H](CC(=O)O)CC(=O)C(CC(C)C)n2cc(CCN3CCC3)c(C)cc2=O)c1.S. The number of likely N-dealkylation sites (tertiary alicyclic amines) is 1. The van der Waals surface area contributed by atoms with Gasteiger partial charge in [0.15, 0.2) is 5.78 Å². The summed E-state index contributed by atoms with van der Waals surface area (Å²) in [5.41, 5.74) is 4.58. The number of Topliss-reactive ketones (excluding diaryl/α,β-unsaturated/α-hetero) is 1. The number of rotatable bonds is 14. The van der Waals surface area contributed by atoms with E-state index in [2.05, 4.69) is 4.90 Å². The van der Waals surface area contributed by atoms with Crippen LogP contribution in [0.25, 0.3) is 11.1 Å². The van der Waals surface area contributed by atoms with Crippen molar-refractivity contribution in [2.75, 3.05) is 26.7 Å². The largest absolute Gasteiger partial charge is 0.496 e. The maximum Gasteiger partial charge on any atom is 0.303 e. The summed E-state index contributed by atoms with van der Waals surface area (Å²) in [5, 5.41) is 9.86. The highest BCUT2D eigenvalue weighted by atomic mass is 32.1. The smallest absolute Gasteiger partial charge is 0.303 e. The number of nitrogens with zero attached hydrogens (tertiary/aromatic N) is 2. The van der Waals surface area contributed by atoms with Crippen LogP contribution in [0.3, 0.4) is 0 Å². The van der Waals surface area contributed by atoms with Crippen molar-refractivity contribution >= 4 is 25.2 Å². The van der Waals surface area contributed by atoms with Gasteiger partial charge in [-0.05, 0) is 111 Å². The predicted molar refractivity (Wildman–Crippen MR) is 182 cm³/mol. The number of carboxylic acids is 1. The van der Waals surface area contributed by atoms with Crippen molar-refractivity contribution in [2.24, 2.45) is 5.92 Å². The number of hydrogen-bond donors (Lipinski definition) is 1. The molecule has 9 heteroatoms. The Morgan fingerprint density at radius 2 is 1.73 bits per heavy atom. The van der Waals surface area contributed by atoms with E-state index in [1.165, 1.54) is 11.0 Å². The number of pyridine rings is 1. The van der Waals surface area contributed by atoms with E-state index >= 15 is 4.39 Å². The highest BCUT2D eigenvalue weighted by Crippen LogP contribution is 2.38. The number of hydrogen-bond acceptors (Lipinski definition) is 5.